The Kier molecular flexibility index (Phi) is 6.68. The van der Waals surface area contributed by atoms with Gasteiger partial charge in [-0.15, -0.1) is 0 Å². The summed E-state index contributed by atoms with van der Waals surface area (Å²) in [4.78, 5) is 30.6. The lowest BCUT2D eigenvalue weighted by molar-refractivity contribution is -0.110. The van der Waals surface area contributed by atoms with Gasteiger partial charge in [-0.3, -0.25) is 9.59 Å². The highest BCUT2D eigenvalue weighted by atomic mass is 32.2. The second-order valence-electron chi connectivity index (χ2n) is 8.52. The van der Waals surface area contributed by atoms with Crippen LogP contribution in [-0.2, 0) is 14.8 Å². The molecule has 2 aromatic rings. The van der Waals surface area contributed by atoms with Crippen LogP contribution in [0.15, 0.2) is 29.3 Å². The molecule has 0 saturated carbocycles. The molecule has 5 N–H and O–H groups in total. The van der Waals surface area contributed by atoms with Crippen LogP contribution in [0.25, 0.3) is 11.6 Å². The normalized spacial score (nSPS) is 17.8. The van der Waals surface area contributed by atoms with Gasteiger partial charge in [-0.05, 0) is 75.7 Å². The molecule has 2 aliphatic rings. The molecule has 1 fully saturated rings. The fraction of sp³-hybridized carbons (Fsp3) is 0.391. The van der Waals surface area contributed by atoms with Gasteiger partial charge in [0.15, 0.2) is 0 Å². The summed E-state index contributed by atoms with van der Waals surface area (Å²) in [5, 5.41) is 10.9. The number of anilines is 1. The number of nitrogens with one attached hydrogen (secondary N) is 3. The van der Waals surface area contributed by atoms with Crippen LogP contribution < -0.4 is 15.8 Å². The van der Waals surface area contributed by atoms with Crippen LogP contribution in [0.5, 0.6) is 0 Å². The summed E-state index contributed by atoms with van der Waals surface area (Å²) in [7, 11) is -3.90. The van der Waals surface area contributed by atoms with Crippen molar-refractivity contribution in [3.63, 3.8) is 0 Å². The first kappa shape index (κ1) is 23.2. The van der Waals surface area contributed by atoms with Gasteiger partial charge in [0, 0.05) is 29.7 Å². The van der Waals surface area contributed by atoms with Crippen LogP contribution in [0.4, 0.5) is 5.69 Å². The first-order valence-electron chi connectivity index (χ1n) is 11.1. The number of fused-ring (bicyclic) bond motifs is 1. The second kappa shape index (κ2) is 9.50. The van der Waals surface area contributed by atoms with Crippen molar-refractivity contribution < 1.29 is 18.0 Å². The Labute approximate surface area is 193 Å². The van der Waals surface area contributed by atoms with Crippen molar-refractivity contribution in [2.45, 2.75) is 37.5 Å². The van der Waals surface area contributed by atoms with Gasteiger partial charge in [-0.1, -0.05) is 6.42 Å². The number of primary sulfonamides is 1. The molecule has 0 unspecified atom stereocenters. The number of benzene rings is 1. The first-order chi connectivity index (χ1) is 15.7. The molecule has 2 aliphatic heterocycles. The number of piperidine rings is 1. The van der Waals surface area contributed by atoms with Gasteiger partial charge in [0.2, 0.25) is 10.0 Å². The molecular formula is C23H29N5O4S. The third-order valence-corrected chi connectivity index (χ3v) is 7.11. The van der Waals surface area contributed by atoms with E-state index in [1.807, 2.05) is 0 Å². The molecule has 0 atom stereocenters. The minimum Gasteiger partial charge on any atom is -0.361 e. The Balaban J connectivity index is 1.46. The van der Waals surface area contributed by atoms with Gasteiger partial charge in [-0.2, -0.15) is 0 Å². The van der Waals surface area contributed by atoms with Gasteiger partial charge >= 0.3 is 0 Å². The highest BCUT2D eigenvalue weighted by Crippen LogP contribution is 2.35. The van der Waals surface area contributed by atoms with Crippen molar-refractivity contribution in [2.24, 2.45) is 5.14 Å². The highest BCUT2D eigenvalue weighted by Gasteiger charge is 2.26. The minimum atomic E-state index is -3.90. The van der Waals surface area contributed by atoms with Crippen LogP contribution in [0.1, 0.15) is 52.9 Å². The third kappa shape index (κ3) is 5.18. The SMILES string of the molecule is Cc1c(C(=O)NCCCN2CCCCC2)c[nH]c1/C=C1\C(=O)Nc2ccc(S(N)(=O)=O)cc21. The average molecular weight is 472 g/mol. The molecule has 0 aliphatic carbocycles. The van der Waals surface area contributed by atoms with Crippen molar-refractivity contribution in [3.05, 3.63) is 46.8 Å². The Morgan fingerprint density at radius 2 is 2.00 bits per heavy atom. The molecule has 1 aromatic heterocycles. The van der Waals surface area contributed by atoms with Crippen molar-refractivity contribution in [3.8, 4) is 0 Å². The van der Waals surface area contributed by atoms with Crippen LogP contribution >= 0.6 is 0 Å². The monoisotopic (exact) mass is 471 g/mol. The molecule has 33 heavy (non-hydrogen) atoms. The van der Waals surface area contributed by atoms with E-state index in [2.05, 4.69) is 20.5 Å². The fourth-order valence-electron chi connectivity index (χ4n) is 4.31. The van der Waals surface area contributed by atoms with Gasteiger partial charge in [0.1, 0.15) is 0 Å². The Morgan fingerprint density at radius 3 is 2.73 bits per heavy atom. The summed E-state index contributed by atoms with van der Waals surface area (Å²) in [5.74, 6) is -0.519. The molecule has 4 rings (SSSR count). The highest BCUT2D eigenvalue weighted by molar-refractivity contribution is 7.89. The van der Waals surface area contributed by atoms with E-state index in [-0.39, 0.29) is 16.7 Å². The zero-order chi connectivity index (χ0) is 23.6. The number of hydrogen-bond donors (Lipinski definition) is 4. The number of aromatic nitrogens is 1. The minimum absolute atomic E-state index is 0.0727. The van der Waals surface area contributed by atoms with Gasteiger partial charge in [-0.25, -0.2) is 13.6 Å². The number of carbonyl (C=O) groups excluding carboxylic acids is 2. The van der Waals surface area contributed by atoms with E-state index in [1.165, 1.54) is 37.5 Å². The maximum absolute atomic E-state index is 12.7. The van der Waals surface area contributed by atoms with E-state index < -0.39 is 10.0 Å². The number of nitrogens with zero attached hydrogens (tertiary/aromatic N) is 1. The number of hydrogen-bond acceptors (Lipinski definition) is 5. The number of rotatable bonds is 7. The number of nitrogens with two attached hydrogens (primary N) is 1. The molecule has 1 saturated heterocycles. The Morgan fingerprint density at radius 1 is 1.24 bits per heavy atom. The molecular weight excluding hydrogens is 442 g/mol. The number of aromatic amines is 1. The molecule has 9 nitrogen and oxygen atoms in total. The van der Waals surface area contributed by atoms with E-state index in [0.717, 1.165) is 26.1 Å². The van der Waals surface area contributed by atoms with Crippen LogP contribution in [0, 0.1) is 6.92 Å². The van der Waals surface area contributed by atoms with Gasteiger partial charge < -0.3 is 20.5 Å². The van der Waals surface area contributed by atoms with Crippen LogP contribution in [0.3, 0.4) is 0 Å². The standard InChI is InChI=1S/C23H29N5O4S/c1-15-19(22(29)25-8-5-11-28-9-3-2-4-10-28)14-26-21(15)13-18-17-12-16(33(24,31)32)6-7-20(17)27-23(18)30/h6-7,12-14,26H,2-5,8-11H2,1H3,(H,25,29)(H,27,30)(H2,24,31,32)/b18-13-. The number of H-pyrrole nitrogens is 1. The Hall–Kier alpha value is -2.95. The average Bonchev–Trinajstić information content (AvgIpc) is 3.30. The van der Waals surface area contributed by atoms with Gasteiger partial charge in [0.25, 0.3) is 11.8 Å². The summed E-state index contributed by atoms with van der Waals surface area (Å²) < 4.78 is 23.4. The Bertz CT molecular complexity index is 1210. The van der Waals surface area contributed by atoms with Crippen molar-refractivity contribution in [1.82, 2.24) is 15.2 Å². The van der Waals surface area contributed by atoms with Crippen LogP contribution in [0.2, 0.25) is 0 Å². The molecule has 10 heteroatoms. The first-order valence-corrected chi connectivity index (χ1v) is 12.7. The predicted octanol–water partition coefficient (Wildman–Crippen LogP) is 2.07. The zero-order valence-corrected chi connectivity index (χ0v) is 19.4. The molecule has 0 spiro atoms. The fourth-order valence-corrected chi connectivity index (χ4v) is 4.85. The quantitative estimate of drug-likeness (QED) is 0.362. The van der Waals surface area contributed by atoms with E-state index in [1.54, 1.807) is 19.2 Å². The summed E-state index contributed by atoms with van der Waals surface area (Å²) in [6, 6.07) is 4.24. The summed E-state index contributed by atoms with van der Waals surface area (Å²) in [5.41, 5.74) is 3.08. The molecule has 1 aromatic carbocycles. The lowest BCUT2D eigenvalue weighted by Gasteiger charge is -2.26. The lowest BCUT2D eigenvalue weighted by Crippen LogP contribution is -2.33. The maximum Gasteiger partial charge on any atom is 0.256 e. The summed E-state index contributed by atoms with van der Waals surface area (Å²) in [6.45, 7) is 5.66. The molecule has 3 heterocycles. The molecule has 176 valence electrons. The third-order valence-electron chi connectivity index (χ3n) is 6.20. The smallest absolute Gasteiger partial charge is 0.256 e. The van der Waals surface area contributed by atoms with E-state index in [9.17, 15) is 18.0 Å². The summed E-state index contributed by atoms with van der Waals surface area (Å²) >= 11 is 0. The van der Waals surface area contributed by atoms with Crippen molar-refractivity contribution in [1.29, 1.82) is 0 Å². The summed E-state index contributed by atoms with van der Waals surface area (Å²) in [6.07, 6.45) is 7.94. The topological polar surface area (TPSA) is 137 Å². The lowest BCUT2D eigenvalue weighted by atomic mass is 10.0. The molecule has 0 bridgehead atoms. The number of likely N-dealkylation sites (tertiary alicyclic amines) is 1. The van der Waals surface area contributed by atoms with E-state index in [4.69, 9.17) is 5.14 Å². The molecule has 0 radical (unpaired) electrons. The van der Waals surface area contributed by atoms with Crippen molar-refractivity contribution >= 4 is 39.2 Å². The maximum atomic E-state index is 12.7. The number of carbonyl (C=O) groups is 2. The number of sulfonamides is 1. The predicted molar refractivity (Wildman–Crippen MR) is 127 cm³/mol. The number of amides is 2. The van der Waals surface area contributed by atoms with Crippen LogP contribution in [-0.4, -0.2) is 56.3 Å². The van der Waals surface area contributed by atoms with Gasteiger partial charge in [0.05, 0.1) is 16.0 Å². The zero-order valence-electron chi connectivity index (χ0n) is 18.6. The second-order valence-corrected chi connectivity index (χ2v) is 10.1. The molecule has 2 amide bonds. The van der Waals surface area contributed by atoms with Crippen molar-refractivity contribution in [2.75, 3.05) is 31.5 Å². The largest absolute Gasteiger partial charge is 0.361 e. The van der Waals surface area contributed by atoms with E-state index in [0.29, 0.717) is 40.2 Å². The van der Waals surface area contributed by atoms with E-state index >= 15 is 0 Å².